The summed E-state index contributed by atoms with van der Waals surface area (Å²) in [7, 11) is -1.83. The van der Waals surface area contributed by atoms with Crippen LogP contribution in [0.2, 0.25) is 0 Å². The zero-order valence-corrected chi connectivity index (χ0v) is 13.1. The number of sulfonamides is 1. The largest absolute Gasteiger partial charge is 0.379 e. The molecule has 2 heterocycles. The Kier molecular flexibility index (Phi) is 6.90. The molecule has 1 N–H and O–H groups in total. The van der Waals surface area contributed by atoms with E-state index in [1.807, 2.05) is 0 Å². The number of morpholine rings is 1. The number of imidazole rings is 1. The lowest BCUT2D eigenvalue weighted by atomic mass is 10.3. The summed E-state index contributed by atoms with van der Waals surface area (Å²) in [6.07, 6.45) is 3.87. The second kappa shape index (κ2) is 7.94. The molecule has 7 nitrogen and oxygen atoms in total. The van der Waals surface area contributed by atoms with Crippen molar-refractivity contribution in [2.24, 2.45) is 7.05 Å². The Morgan fingerprint density at radius 1 is 1.40 bits per heavy atom. The third-order valence-corrected chi connectivity index (χ3v) is 4.52. The summed E-state index contributed by atoms with van der Waals surface area (Å²) in [5.74, 6) is 0. The van der Waals surface area contributed by atoms with Gasteiger partial charge < -0.3 is 9.30 Å². The minimum absolute atomic E-state index is 0. The van der Waals surface area contributed by atoms with Gasteiger partial charge in [0.25, 0.3) is 10.0 Å². The monoisotopic (exact) mass is 324 g/mol. The van der Waals surface area contributed by atoms with Gasteiger partial charge in [-0.1, -0.05) is 0 Å². The Bertz CT molecular complexity index is 500. The van der Waals surface area contributed by atoms with E-state index in [0.29, 0.717) is 6.54 Å². The fraction of sp³-hybridized carbons (Fsp3) is 0.727. The van der Waals surface area contributed by atoms with Crippen molar-refractivity contribution < 1.29 is 13.2 Å². The van der Waals surface area contributed by atoms with Gasteiger partial charge in [0.05, 0.1) is 13.2 Å². The van der Waals surface area contributed by atoms with Gasteiger partial charge in [-0.25, -0.2) is 18.1 Å². The molecule has 0 unspecified atom stereocenters. The lowest BCUT2D eigenvalue weighted by molar-refractivity contribution is 0.0376. The van der Waals surface area contributed by atoms with Gasteiger partial charge in [-0.15, -0.1) is 12.4 Å². The van der Waals surface area contributed by atoms with Crippen LogP contribution in [0.15, 0.2) is 17.6 Å². The molecule has 116 valence electrons. The Morgan fingerprint density at radius 3 is 2.70 bits per heavy atom. The molecule has 0 aromatic carbocycles. The fourth-order valence-electron chi connectivity index (χ4n) is 2.01. The highest BCUT2D eigenvalue weighted by molar-refractivity contribution is 7.89. The molecule has 9 heteroatoms. The van der Waals surface area contributed by atoms with Gasteiger partial charge in [-0.05, 0) is 13.0 Å². The third-order valence-electron chi connectivity index (χ3n) is 3.06. The highest BCUT2D eigenvalue weighted by Crippen LogP contribution is 2.04. The van der Waals surface area contributed by atoms with E-state index in [9.17, 15) is 8.42 Å². The zero-order valence-electron chi connectivity index (χ0n) is 11.5. The van der Waals surface area contributed by atoms with Crippen LogP contribution in [-0.4, -0.2) is 62.3 Å². The van der Waals surface area contributed by atoms with Crippen LogP contribution >= 0.6 is 12.4 Å². The number of halogens is 1. The summed E-state index contributed by atoms with van der Waals surface area (Å²) in [5.41, 5.74) is 0. The first-order valence-corrected chi connectivity index (χ1v) is 7.85. The standard InChI is InChI=1S/C11H20N4O3S.ClH/c1-14-6-4-12-11(14)19(16,17)13-3-2-5-15-7-9-18-10-8-15;/h4,6,13H,2-3,5,7-10H2,1H3;1H. The average molecular weight is 325 g/mol. The molecule has 0 radical (unpaired) electrons. The highest BCUT2D eigenvalue weighted by Gasteiger charge is 2.18. The Balaban J connectivity index is 0.00000200. The van der Waals surface area contributed by atoms with E-state index < -0.39 is 10.0 Å². The maximum atomic E-state index is 11.9. The quantitative estimate of drug-likeness (QED) is 0.736. The van der Waals surface area contributed by atoms with Gasteiger partial charge in [0, 0.05) is 39.1 Å². The van der Waals surface area contributed by atoms with Gasteiger partial charge in [0.2, 0.25) is 5.16 Å². The first-order valence-electron chi connectivity index (χ1n) is 6.37. The number of aromatic nitrogens is 2. The van der Waals surface area contributed by atoms with Crippen molar-refractivity contribution in [2.45, 2.75) is 11.6 Å². The second-order valence-corrected chi connectivity index (χ2v) is 6.19. The Morgan fingerprint density at radius 2 is 2.10 bits per heavy atom. The summed E-state index contributed by atoms with van der Waals surface area (Å²) < 4.78 is 33.2. The van der Waals surface area contributed by atoms with Crippen molar-refractivity contribution in [3.05, 3.63) is 12.4 Å². The highest BCUT2D eigenvalue weighted by atomic mass is 35.5. The number of aryl methyl sites for hydroxylation is 1. The van der Waals surface area contributed by atoms with E-state index in [0.717, 1.165) is 39.3 Å². The predicted octanol–water partition coefficient (Wildman–Crippen LogP) is -0.157. The maximum Gasteiger partial charge on any atom is 0.274 e. The molecule has 1 aromatic rings. The topological polar surface area (TPSA) is 76.5 Å². The lowest BCUT2D eigenvalue weighted by Gasteiger charge is -2.26. The van der Waals surface area contributed by atoms with Crippen molar-refractivity contribution in [1.82, 2.24) is 19.2 Å². The summed E-state index contributed by atoms with van der Waals surface area (Å²) >= 11 is 0. The van der Waals surface area contributed by atoms with E-state index in [1.165, 1.54) is 10.8 Å². The van der Waals surface area contributed by atoms with Crippen LogP contribution in [0.3, 0.4) is 0 Å². The van der Waals surface area contributed by atoms with E-state index in [1.54, 1.807) is 13.2 Å². The second-order valence-electron chi connectivity index (χ2n) is 4.53. The van der Waals surface area contributed by atoms with Crippen molar-refractivity contribution in [3.63, 3.8) is 0 Å². The van der Waals surface area contributed by atoms with Crippen molar-refractivity contribution in [2.75, 3.05) is 39.4 Å². The van der Waals surface area contributed by atoms with E-state index in [2.05, 4.69) is 14.6 Å². The molecule has 1 aliphatic heterocycles. The summed E-state index contributed by atoms with van der Waals surface area (Å²) in [4.78, 5) is 6.12. The molecule has 1 fully saturated rings. The van der Waals surface area contributed by atoms with Crippen LogP contribution in [0.1, 0.15) is 6.42 Å². The molecular formula is C11H21ClN4O3S. The molecule has 2 rings (SSSR count). The van der Waals surface area contributed by atoms with E-state index >= 15 is 0 Å². The van der Waals surface area contributed by atoms with Crippen LogP contribution in [-0.2, 0) is 21.8 Å². The molecule has 20 heavy (non-hydrogen) atoms. The number of hydrogen-bond acceptors (Lipinski definition) is 5. The Labute approximate surface area is 125 Å². The normalized spacial score (nSPS) is 16.9. The minimum Gasteiger partial charge on any atom is -0.379 e. The predicted molar refractivity (Wildman–Crippen MR) is 77.5 cm³/mol. The van der Waals surface area contributed by atoms with Crippen LogP contribution in [0.5, 0.6) is 0 Å². The molecular weight excluding hydrogens is 304 g/mol. The molecule has 0 spiro atoms. The molecule has 0 aliphatic carbocycles. The van der Waals surface area contributed by atoms with Gasteiger partial charge in [0.15, 0.2) is 0 Å². The first-order chi connectivity index (χ1) is 9.09. The lowest BCUT2D eigenvalue weighted by Crippen LogP contribution is -2.38. The van der Waals surface area contributed by atoms with Gasteiger partial charge in [0.1, 0.15) is 0 Å². The smallest absolute Gasteiger partial charge is 0.274 e. The number of hydrogen-bond donors (Lipinski definition) is 1. The van der Waals surface area contributed by atoms with Crippen LogP contribution in [0.25, 0.3) is 0 Å². The maximum absolute atomic E-state index is 11.9. The van der Waals surface area contributed by atoms with Crippen molar-refractivity contribution in [3.8, 4) is 0 Å². The van der Waals surface area contributed by atoms with E-state index in [-0.39, 0.29) is 17.6 Å². The number of rotatable bonds is 6. The van der Waals surface area contributed by atoms with Crippen LogP contribution < -0.4 is 4.72 Å². The van der Waals surface area contributed by atoms with Crippen molar-refractivity contribution >= 4 is 22.4 Å². The molecule has 0 saturated carbocycles. The van der Waals surface area contributed by atoms with Gasteiger partial charge >= 0.3 is 0 Å². The first kappa shape index (κ1) is 17.4. The SMILES string of the molecule is Cl.Cn1ccnc1S(=O)(=O)NCCCN1CCOCC1. The van der Waals surface area contributed by atoms with E-state index in [4.69, 9.17) is 4.74 Å². The molecule has 0 bridgehead atoms. The molecule has 0 amide bonds. The minimum atomic E-state index is -3.49. The molecule has 1 aliphatic rings. The third kappa shape index (κ3) is 4.71. The number of nitrogens with one attached hydrogen (secondary N) is 1. The fourth-order valence-corrected chi connectivity index (χ4v) is 3.19. The zero-order chi connectivity index (χ0) is 13.7. The van der Waals surface area contributed by atoms with Gasteiger partial charge in [-0.3, -0.25) is 4.90 Å². The molecule has 1 aromatic heterocycles. The summed E-state index contributed by atoms with van der Waals surface area (Å²) in [5, 5.41) is 0.0545. The molecule has 1 saturated heterocycles. The molecule has 0 atom stereocenters. The number of ether oxygens (including phenoxy) is 1. The summed E-state index contributed by atoms with van der Waals surface area (Å²) in [6.45, 7) is 4.68. The van der Waals surface area contributed by atoms with Crippen LogP contribution in [0, 0.1) is 0 Å². The van der Waals surface area contributed by atoms with Crippen molar-refractivity contribution in [1.29, 1.82) is 0 Å². The van der Waals surface area contributed by atoms with Crippen LogP contribution in [0.4, 0.5) is 0 Å². The number of nitrogens with zero attached hydrogens (tertiary/aromatic N) is 3. The Hall–Kier alpha value is -0.670. The van der Waals surface area contributed by atoms with Gasteiger partial charge in [-0.2, -0.15) is 0 Å². The summed E-state index contributed by atoms with van der Waals surface area (Å²) in [6, 6.07) is 0. The average Bonchev–Trinajstić information content (AvgIpc) is 2.83.